The van der Waals surface area contributed by atoms with Crippen molar-refractivity contribution in [1.29, 1.82) is 0 Å². The molecule has 1 atom stereocenters. The molecule has 9 heteroatoms. The summed E-state index contributed by atoms with van der Waals surface area (Å²) >= 11 is 0. The fraction of sp³-hybridized carbons (Fsp3) is 0.296. The van der Waals surface area contributed by atoms with Gasteiger partial charge in [0.05, 0.1) is 11.4 Å². The van der Waals surface area contributed by atoms with Crippen LogP contribution in [0.1, 0.15) is 27.7 Å². The summed E-state index contributed by atoms with van der Waals surface area (Å²) < 4.78 is 34.9. The van der Waals surface area contributed by atoms with E-state index in [9.17, 15) is 8.42 Å². The Morgan fingerprint density at radius 1 is 0.861 bits per heavy atom. The lowest BCUT2D eigenvalue weighted by molar-refractivity contribution is 0.256. The summed E-state index contributed by atoms with van der Waals surface area (Å²) in [5, 5.41) is 13.3. The molecule has 188 valence electrons. The Hall–Kier alpha value is -3.14. The van der Waals surface area contributed by atoms with E-state index in [-0.39, 0.29) is 21.9 Å². The second kappa shape index (κ2) is 10.5. The molecule has 0 N–H and O–H groups in total. The average molecular weight is 521 g/mol. The maximum atomic E-state index is 13.4. The number of para-hydroxylation sites is 1. The number of tetrazole rings is 1. The van der Waals surface area contributed by atoms with Gasteiger partial charge >= 0.3 is 0 Å². The van der Waals surface area contributed by atoms with Crippen molar-refractivity contribution < 1.29 is 12.8 Å². The Morgan fingerprint density at radius 3 is 1.86 bits per heavy atom. The molecule has 0 saturated heterocycles. The zero-order valence-corrected chi connectivity index (χ0v) is 22.9. The van der Waals surface area contributed by atoms with Crippen molar-refractivity contribution in [2.75, 3.05) is 12.4 Å². The van der Waals surface area contributed by atoms with Gasteiger partial charge in [0.25, 0.3) is 13.5 Å². The Bertz CT molecular complexity index is 1330. The molecule has 0 amide bonds. The fourth-order valence-electron chi connectivity index (χ4n) is 4.63. The third-order valence-corrected chi connectivity index (χ3v) is 13.0. The lowest BCUT2D eigenvalue weighted by Gasteiger charge is -2.43. The van der Waals surface area contributed by atoms with Gasteiger partial charge in [0, 0.05) is 6.61 Å². The predicted molar refractivity (Wildman–Crippen MR) is 144 cm³/mol. The summed E-state index contributed by atoms with van der Waals surface area (Å²) in [7, 11) is -6.52. The Kier molecular flexibility index (Phi) is 7.53. The average Bonchev–Trinajstić information content (AvgIpc) is 3.37. The van der Waals surface area contributed by atoms with Gasteiger partial charge in [-0.15, -0.1) is 0 Å². The largest absolute Gasteiger partial charge is 0.407 e. The van der Waals surface area contributed by atoms with E-state index in [2.05, 4.69) is 60.6 Å². The highest BCUT2D eigenvalue weighted by Crippen LogP contribution is 2.37. The van der Waals surface area contributed by atoms with Gasteiger partial charge in [-0.2, -0.15) is 4.68 Å². The maximum absolute atomic E-state index is 13.4. The van der Waals surface area contributed by atoms with Crippen LogP contribution < -0.4 is 10.4 Å². The molecule has 4 rings (SSSR count). The van der Waals surface area contributed by atoms with Crippen LogP contribution in [0.15, 0.2) is 96.2 Å². The van der Waals surface area contributed by atoms with Crippen LogP contribution in [0.4, 0.5) is 0 Å². The van der Waals surface area contributed by atoms with E-state index in [0.29, 0.717) is 12.3 Å². The van der Waals surface area contributed by atoms with Crippen LogP contribution in [0.5, 0.6) is 0 Å². The van der Waals surface area contributed by atoms with Crippen LogP contribution in [0.2, 0.25) is 5.04 Å². The summed E-state index contributed by atoms with van der Waals surface area (Å²) in [6.07, 6.45) is 0. The molecular formula is C27H32N4O3SSi. The standard InChI is InChI=1S/C27H32N4O3SSi/c1-22(21-35(32,33)26-28-29-30-31(26)23-14-8-5-9-15-23)20-34-36(27(2,3)4,24-16-10-6-11-17-24)25-18-12-7-13-19-25/h5-19,22H,20-21H2,1-4H3/t22-/m0/s1. The first kappa shape index (κ1) is 25.9. The lowest BCUT2D eigenvalue weighted by atomic mass is 10.2. The topological polar surface area (TPSA) is 87.0 Å². The van der Waals surface area contributed by atoms with Gasteiger partial charge < -0.3 is 4.43 Å². The van der Waals surface area contributed by atoms with Crippen molar-refractivity contribution in [3.8, 4) is 5.69 Å². The van der Waals surface area contributed by atoms with Crippen LogP contribution >= 0.6 is 0 Å². The molecule has 0 aliphatic carbocycles. The first-order valence-electron chi connectivity index (χ1n) is 12.0. The van der Waals surface area contributed by atoms with Crippen LogP contribution in [0.3, 0.4) is 0 Å². The smallest absolute Gasteiger partial charge is 0.272 e. The number of aromatic nitrogens is 4. The number of hydrogen-bond donors (Lipinski definition) is 0. The van der Waals surface area contributed by atoms with E-state index in [1.807, 2.05) is 61.5 Å². The molecule has 4 aromatic rings. The van der Waals surface area contributed by atoms with Gasteiger partial charge in [-0.05, 0) is 43.9 Å². The highest BCUT2D eigenvalue weighted by molar-refractivity contribution is 7.91. The molecule has 36 heavy (non-hydrogen) atoms. The molecule has 7 nitrogen and oxygen atoms in total. The number of nitrogens with zero attached hydrogens (tertiary/aromatic N) is 4. The molecule has 0 unspecified atom stereocenters. The van der Waals surface area contributed by atoms with Crippen LogP contribution in [0, 0.1) is 5.92 Å². The first-order chi connectivity index (χ1) is 17.1. The van der Waals surface area contributed by atoms with Gasteiger partial charge in [-0.25, -0.2) is 8.42 Å². The molecule has 0 aliphatic heterocycles. The lowest BCUT2D eigenvalue weighted by Crippen LogP contribution is -2.67. The zero-order chi connectivity index (χ0) is 25.8. The molecule has 3 aromatic carbocycles. The molecule has 0 radical (unpaired) electrons. The van der Waals surface area contributed by atoms with Crippen LogP contribution in [-0.4, -0.2) is 49.3 Å². The van der Waals surface area contributed by atoms with E-state index in [1.165, 1.54) is 4.68 Å². The van der Waals surface area contributed by atoms with Gasteiger partial charge in [0.15, 0.2) is 0 Å². The summed E-state index contributed by atoms with van der Waals surface area (Å²) in [6.45, 7) is 8.79. The van der Waals surface area contributed by atoms with E-state index in [0.717, 1.165) is 10.4 Å². The Labute approximate surface area is 214 Å². The number of rotatable bonds is 9. The van der Waals surface area contributed by atoms with Crippen molar-refractivity contribution in [2.45, 2.75) is 37.9 Å². The van der Waals surface area contributed by atoms with E-state index < -0.39 is 18.2 Å². The minimum Gasteiger partial charge on any atom is -0.407 e. The highest BCUT2D eigenvalue weighted by atomic mass is 32.2. The van der Waals surface area contributed by atoms with Crippen LogP contribution in [0.25, 0.3) is 5.69 Å². The second-order valence-corrected chi connectivity index (χ2v) is 16.3. The van der Waals surface area contributed by atoms with Gasteiger partial charge in [-0.1, -0.05) is 112 Å². The van der Waals surface area contributed by atoms with Crippen molar-refractivity contribution in [2.24, 2.45) is 5.92 Å². The van der Waals surface area contributed by atoms with Crippen molar-refractivity contribution >= 4 is 28.5 Å². The zero-order valence-electron chi connectivity index (χ0n) is 21.1. The summed E-state index contributed by atoms with van der Waals surface area (Å²) in [5.41, 5.74) is 0.595. The third kappa shape index (κ3) is 5.18. The fourth-order valence-corrected chi connectivity index (χ4v) is 10.9. The molecule has 0 saturated carbocycles. The van der Waals surface area contributed by atoms with Crippen LogP contribution in [-0.2, 0) is 14.3 Å². The minimum absolute atomic E-state index is 0.127. The SMILES string of the molecule is C[C@@H](CO[Si](c1ccccc1)(c1ccccc1)C(C)(C)C)CS(=O)(=O)c1nnnn1-c1ccccc1. The van der Waals surface area contributed by atoms with E-state index in [4.69, 9.17) is 4.43 Å². The maximum Gasteiger partial charge on any atom is 0.272 e. The summed E-state index contributed by atoms with van der Waals surface area (Å²) in [6, 6.07) is 29.7. The monoisotopic (exact) mass is 520 g/mol. The van der Waals surface area contributed by atoms with Crippen molar-refractivity contribution in [3.63, 3.8) is 0 Å². The Morgan fingerprint density at radius 2 is 1.36 bits per heavy atom. The molecule has 0 fully saturated rings. The highest BCUT2D eigenvalue weighted by Gasteiger charge is 2.50. The third-order valence-electron chi connectivity index (χ3n) is 6.22. The molecule has 0 spiro atoms. The summed E-state index contributed by atoms with van der Waals surface area (Å²) in [5.74, 6) is -0.407. The molecule has 1 heterocycles. The number of sulfone groups is 1. The predicted octanol–water partition coefficient (Wildman–Crippen LogP) is 3.65. The van der Waals surface area contributed by atoms with Crippen molar-refractivity contribution in [1.82, 2.24) is 20.2 Å². The molecule has 0 aliphatic rings. The molecular weight excluding hydrogens is 488 g/mol. The number of benzene rings is 3. The molecule has 0 bridgehead atoms. The molecule has 1 aromatic heterocycles. The minimum atomic E-state index is -3.77. The van der Waals surface area contributed by atoms with Crippen molar-refractivity contribution in [3.05, 3.63) is 91.0 Å². The normalized spacial score (nSPS) is 13.4. The Balaban J connectivity index is 1.62. The second-order valence-electron chi connectivity index (χ2n) is 10.1. The first-order valence-corrected chi connectivity index (χ1v) is 15.5. The summed E-state index contributed by atoms with van der Waals surface area (Å²) in [4.78, 5) is 0. The van der Waals surface area contributed by atoms with E-state index in [1.54, 1.807) is 12.1 Å². The van der Waals surface area contributed by atoms with Gasteiger partial charge in [0.1, 0.15) is 0 Å². The number of hydrogen-bond acceptors (Lipinski definition) is 6. The van der Waals surface area contributed by atoms with E-state index >= 15 is 0 Å². The van der Waals surface area contributed by atoms with Gasteiger partial charge in [-0.3, -0.25) is 0 Å². The van der Waals surface area contributed by atoms with Gasteiger partial charge in [0.2, 0.25) is 9.84 Å². The quantitative estimate of drug-likeness (QED) is 0.313.